The second-order valence-corrected chi connectivity index (χ2v) is 39.9. The third kappa shape index (κ3) is 21.4. The van der Waals surface area contributed by atoms with Crippen LogP contribution in [0.25, 0.3) is 0 Å². The van der Waals surface area contributed by atoms with Crippen molar-refractivity contribution in [3.63, 3.8) is 0 Å². The number of nitrogens with zero attached hydrogens (tertiary/aromatic N) is 12. The van der Waals surface area contributed by atoms with E-state index in [1.807, 2.05) is 99.4 Å². The van der Waals surface area contributed by atoms with E-state index in [9.17, 15) is 80.8 Å². The van der Waals surface area contributed by atoms with E-state index in [2.05, 4.69) is 53.8 Å². The number of hydrogen-bond donors (Lipinski definition) is 8. The Kier molecular flexibility index (Phi) is 29.2. The Morgan fingerprint density at radius 1 is 0.405 bits per heavy atom. The summed E-state index contributed by atoms with van der Waals surface area (Å²) in [5, 5.41) is 24.8. The van der Waals surface area contributed by atoms with E-state index in [1.54, 1.807) is 11.9 Å². The first-order valence-electron chi connectivity index (χ1n) is 41.7. The summed E-state index contributed by atoms with van der Waals surface area (Å²) < 4.78 is 142. The summed E-state index contributed by atoms with van der Waals surface area (Å²) in [5.74, 6) is -1.95. The molecule has 2 aliphatic heterocycles. The second-order valence-electron chi connectivity index (χ2n) is 33.4. The molecule has 4 aromatic carbocycles. The number of halogens is 2. The predicted molar refractivity (Wildman–Crippen MR) is 467 cm³/mol. The highest BCUT2D eigenvalue weighted by Crippen LogP contribution is 2.42. The summed E-state index contributed by atoms with van der Waals surface area (Å²) in [6.07, 6.45) is 12.2. The highest BCUT2D eigenvalue weighted by atomic mass is 32.2. The highest BCUT2D eigenvalue weighted by Gasteiger charge is 2.37. The normalized spacial score (nSPS) is 14.6. The molecular weight excluding hydrogens is 1710 g/mol. The molecule has 0 radical (unpaired) electrons. The molecule has 42 heteroatoms. The van der Waals surface area contributed by atoms with E-state index < -0.39 is 98.1 Å². The van der Waals surface area contributed by atoms with Crippen molar-refractivity contribution in [3.05, 3.63) is 162 Å². The Bertz CT molecular complexity index is 5960. The molecule has 6 aliphatic rings. The number of nitrogens with one attached hydrogen (secondary N) is 8. The number of rotatable bonds is 21. The van der Waals surface area contributed by atoms with Gasteiger partial charge in [0.15, 0.2) is 20.1 Å². The monoisotopic (exact) mass is 1820 g/mol. The van der Waals surface area contributed by atoms with Crippen LogP contribution in [-0.2, 0) is 120 Å². The van der Waals surface area contributed by atoms with Gasteiger partial charge in [0.05, 0.1) is 13.1 Å². The number of likely N-dealkylation sites (tertiary alicyclic amines) is 2. The summed E-state index contributed by atoms with van der Waals surface area (Å²) in [6.45, 7) is 18.9. The van der Waals surface area contributed by atoms with E-state index in [0.717, 1.165) is 156 Å². The van der Waals surface area contributed by atoms with Crippen molar-refractivity contribution in [2.45, 2.75) is 202 Å². The van der Waals surface area contributed by atoms with Crippen LogP contribution in [0.3, 0.4) is 0 Å². The van der Waals surface area contributed by atoms with E-state index >= 15 is 0 Å². The smallest absolute Gasteiger partial charge is 0.333 e. The third-order valence-electron chi connectivity index (χ3n) is 22.7. The van der Waals surface area contributed by atoms with Gasteiger partial charge in [-0.1, -0.05) is 85.7 Å². The zero-order valence-electron chi connectivity index (χ0n) is 73.5. The third-order valence-corrected chi connectivity index (χ3v) is 27.6. The van der Waals surface area contributed by atoms with Gasteiger partial charge in [-0.3, -0.25) is 37.9 Å². The molecule has 0 saturated carbocycles. The van der Waals surface area contributed by atoms with Gasteiger partial charge in [0.25, 0.3) is 63.7 Å². The standard InChI is InChI=1S/C22H31N5O4S.C21H24FN5O4S.C21H27N5O4S.C20H28FN5O4S/c1-14(2)16-9-8-10-17(15(3)4)20(16)23-22(29)25-32(30,31)19-13-18(26(5)24-19)21(28)27-11-6-7-12-27;1-26-17(20(28)27-10-14(22)11-27)9-18(24-26)32(30,31)25-21(29)23-19-15-6-2-4-12(15)8-13-5-3-7-16(13)19;1-4-25(2)20(27)17-12-18(23-26(17)3)31(29,30)24-21(28)22-19-15-9-5-7-13(15)11-14-8-6-10-16(14)19;1-11(2)14-8-13(21)9-15(12(3)4)18(14)22-20(28)24-31(29,30)17-10-16(26(7)23-17)19(27)25(5)6/h8-10,13-15H,6-7,11-12H2,1-5H3,(H2,23,25,29);8-9,14H,2-7,10-11H2,1H3,(H2,23,25,29);11-12H,4-10H2,1-3H3,(H2,22,24,28);8-12H,1-7H3,(H2,22,24,28). The number of aryl methyl sites for hydroxylation is 8. The van der Waals surface area contributed by atoms with Crippen LogP contribution in [0.1, 0.15) is 233 Å². The summed E-state index contributed by atoms with van der Waals surface area (Å²) in [7, 11) is -6.65. The molecule has 0 unspecified atom stereocenters. The maximum Gasteiger partial charge on any atom is 0.333 e. The van der Waals surface area contributed by atoms with Crippen LogP contribution in [-0.4, -0.2) is 200 Å². The number of carbonyl (C=O) groups excluding carboxylic acids is 8. The molecule has 126 heavy (non-hydrogen) atoms. The van der Waals surface area contributed by atoms with E-state index in [0.29, 0.717) is 42.1 Å². The number of alkyl halides is 1. The van der Waals surface area contributed by atoms with Gasteiger partial charge in [-0.15, -0.1) is 0 Å². The number of hydrogen-bond acceptors (Lipinski definition) is 20. The number of anilines is 4. The molecule has 680 valence electrons. The molecule has 0 spiro atoms. The first-order valence-corrected chi connectivity index (χ1v) is 47.6. The van der Waals surface area contributed by atoms with Crippen LogP contribution < -0.4 is 40.2 Å². The number of aromatic nitrogens is 8. The minimum Gasteiger partial charge on any atom is -0.343 e. The van der Waals surface area contributed by atoms with E-state index in [4.69, 9.17) is 0 Å². The lowest BCUT2D eigenvalue weighted by atomic mass is 9.92. The zero-order chi connectivity index (χ0) is 92.3. The fourth-order valence-corrected chi connectivity index (χ4v) is 19.7. The fourth-order valence-electron chi connectivity index (χ4n) is 16.1. The first-order chi connectivity index (χ1) is 59.2. The molecule has 4 aliphatic carbocycles. The number of fused-ring (bicyclic) bond motifs is 4. The molecule has 14 rings (SSSR count). The molecule has 8 N–H and O–H groups in total. The van der Waals surface area contributed by atoms with Gasteiger partial charge in [0.2, 0.25) is 0 Å². The molecule has 2 fully saturated rings. The molecule has 8 aromatic rings. The van der Waals surface area contributed by atoms with Crippen molar-refractivity contribution in [3.8, 4) is 0 Å². The number of para-hydroxylation sites is 1. The first kappa shape index (κ1) is 95.0. The number of carbonyl (C=O) groups is 8. The Hall–Kier alpha value is -11.7. The maximum absolute atomic E-state index is 14.1. The van der Waals surface area contributed by atoms with Gasteiger partial charge in [-0.25, -0.2) is 46.8 Å². The Morgan fingerprint density at radius 3 is 1.01 bits per heavy atom. The van der Waals surface area contributed by atoms with Gasteiger partial charge in [0.1, 0.15) is 34.8 Å². The maximum atomic E-state index is 14.1. The predicted octanol–water partition coefficient (Wildman–Crippen LogP) is 10.1. The molecule has 6 heterocycles. The molecule has 4 aromatic heterocycles. The van der Waals surface area contributed by atoms with Gasteiger partial charge in [0, 0.05) is 116 Å². The minimum absolute atomic E-state index is 0.0105. The van der Waals surface area contributed by atoms with Crippen LogP contribution in [0.4, 0.5) is 50.7 Å². The van der Waals surface area contributed by atoms with Crippen LogP contribution in [0, 0.1) is 5.82 Å². The topological polar surface area (TPSA) is 454 Å². The lowest BCUT2D eigenvalue weighted by Crippen LogP contribution is -2.51. The fraction of sp³-hybridized carbons (Fsp3) is 0.476. The van der Waals surface area contributed by atoms with Crippen LogP contribution >= 0.6 is 0 Å². The number of sulfonamides is 4. The van der Waals surface area contributed by atoms with Gasteiger partial charge in [-0.2, -0.15) is 54.1 Å². The second kappa shape index (κ2) is 38.7. The summed E-state index contributed by atoms with van der Waals surface area (Å²) in [4.78, 5) is 106. The summed E-state index contributed by atoms with van der Waals surface area (Å²) in [6, 6.07) is 13.9. The Morgan fingerprint density at radius 2 is 0.698 bits per heavy atom. The molecule has 36 nitrogen and oxygen atoms in total. The summed E-state index contributed by atoms with van der Waals surface area (Å²) >= 11 is 0. The Balaban J connectivity index is 0.000000163. The molecule has 12 amide bonds. The lowest BCUT2D eigenvalue weighted by Gasteiger charge is -2.34. The lowest BCUT2D eigenvalue weighted by molar-refractivity contribution is 0.0389. The molecule has 2 saturated heterocycles. The van der Waals surface area contributed by atoms with Crippen LogP contribution in [0.2, 0.25) is 0 Å². The average molecular weight is 1820 g/mol. The van der Waals surface area contributed by atoms with Crippen molar-refractivity contribution >= 4 is 111 Å². The molecule has 0 bridgehead atoms. The van der Waals surface area contributed by atoms with Gasteiger partial charge >= 0.3 is 24.1 Å². The molecular formula is C84H110F2N20O16S4. The van der Waals surface area contributed by atoms with E-state index in [1.165, 1.54) is 113 Å². The number of benzene rings is 4. The van der Waals surface area contributed by atoms with Crippen molar-refractivity contribution in [1.82, 2.24) is 77.6 Å². The summed E-state index contributed by atoms with van der Waals surface area (Å²) in [5.41, 5.74) is 15.1. The quantitative estimate of drug-likeness (QED) is 0.0331. The van der Waals surface area contributed by atoms with Crippen molar-refractivity contribution in [1.29, 1.82) is 0 Å². The Labute approximate surface area is 732 Å². The van der Waals surface area contributed by atoms with Gasteiger partial charge < -0.3 is 40.9 Å². The van der Waals surface area contributed by atoms with Crippen LogP contribution in [0.15, 0.2) is 86.8 Å². The number of urea groups is 4. The van der Waals surface area contributed by atoms with Crippen LogP contribution in [0.5, 0.6) is 0 Å². The SMILES string of the molecule is CC(C)c1cc(F)cc(C(C)C)c1NC(=O)NS(=O)(=O)c1cc(C(=O)N(C)C)n(C)n1.CC(C)c1cccc(C(C)C)c1NC(=O)NS(=O)(=O)c1cc(C(=O)N2CCCC2)n(C)n1.CCN(C)C(=O)c1cc(S(=O)(=O)NC(=O)Nc2c3c(cc4c2CCC4)CCC3)nn1C.Cn1nc(S(=O)(=O)NC(=O)Nc2c3c(cc4c2CCC4)CCC3)cc1C(=O)N1CC(F)C1. The highest BCUT2D eigenvalue weighted by molar-refractivity contribution is 7.90. The number of amides is 12. The van der Waals surface area contributed by atoms with Crippen molar-refractivity contribution in [2.75, 3.05) is 75.1 Å². The largest absolute Gasteiger partial charge is 0.343 e. The minimum atomic E-state index is -4.35. The molecule has 0 atom stereocenters. The van der Waals surface area contributed by atoms with Gasteiger partial charge in [-0.05, 0) is 199 Å². The van der Waals surface area contributed by atoms with Crippen molar-refractivity contribution < 1.29 is 80.8 Å². The zero-order valence-corrected chi connectivity index (χ0v) is 76.7. The van der Waals surface area contributed by atoms with Crippen molar-refractivity contribution in [2.24, 2.45) is 28.2 Å². The van der Waals surface area contributed by atoms with E-state index in [-0.39, 0.29) is 81.4 Å². The average Bonchev–Trinajstić information content (AvgIpc) is 1.60.